The molecule has 1 aliphatic heterocycles. The van der Waals surface area contributed by atoms with Crippen molar-refractivity contribution in [2.75, 3.05) is 11.9 Å². The van der Waals surface area contributed by atoms with Crippen molar-refractivity contribution in [2.45, 2.75) is 13.3 Å². The van der Waals surface area contributed by atoms with Crippen LogP contribution >= 0.6 is 22.9 Å². The normalized spacial score (nSPS) is 16.5. The highest BCUT2D eigenvalue weighted by molar-refractivity contribution is 7.14. The van der Waals surface area contributed by atoms with E-state index in [1.54, 1.807) is 11.4 Å². The maximum atomic E-state index is 12.3. The average molecular weight is 337 g/mol. The molecule has 0 fully saturated rings. The van der Waals surface area contributed by atoms with Crippen LogP contribution in [0.5, 0.6) is 5.75 Å². The number of ketones is 1. The van der Waals surface area contributed by atoms with Gasteiger partial charge >= 0.3 is 0 Å². The van der Waals surface area contributed by atoms with Gasteiger partial charge in [0.05, 0.1) is 5.92 Å². The molecule has 3 rings (SSSR count). The Balaban J connectivity index is 1.69. The number of nitrogens with zero attached hydrogens (tertiary/aromatic N) is 1. The van der Waals surface area contributed by atoms with E-state index >= 15 is 0 Å². The highest BCUT2D eigenvalue weighted by Gasteiger charge is 2.26. The second kappa shape index (κ2) is 6.06. The maximum absolute atomic E-state index is 12.3. The average Bonchev–Trinajstić information content (AvgIpc) is 2.95. The van der Waals surface area contributed by atoms with Crippen molar-refractivity contribution < 1.29 is 14.3 Å². The summed E-state index contributed by atoms with van der Waals surface area (Å²) in [6, 6.07) is 5.39. The van der Waals surface area contributed by atoms with Crippen molar-refractivity contribution in [3.8, 4) is 5.75 Å². The van der Waals surface area contributed by atoms with Gasteiger partial charge in [0.15, 0.2) is 10.9 Å². The van der Waals surface area contributed by atoms with E-state index in [2.05, 4.69) is 10.3 Å². The van der Waals surface area contributed by atoms with Crippen molar-refractivity contribution in [3.63, 3.8) is 0 Å². The molecule has 0 spiro atoms. The number of nitrogens with one attached hydrogen (secondary N) is 1. The lowest BCUT2D eigenvalue weighted by Crippen LogP contribution is -2.32. The molecule has 22 heavy (non-hydrogen) atoms. The highest BCUT2D eigenvalue weighted by atomic mass is 35.5. The van der Waals surface area contributed by atoms with Gasteiger partial charge in [0.25, 0.3) is 0 Å². The zero-order chi connectivity index (χ0) is 15.7. The van der Waals surface area contributed by atoms with Crippen molar-refractivity contribution in [1.29, 1.82) is 0 Å². The van der Waals surface area contributed by atoms with Crippen LogP contribution in [-0.2, 0) is 11.2 Å². The molecule has 1 aromatic carbocycles. The molecule has 2 aromatic rings. The summed E-state index contributed by atoms with van der Waals surface area (Å²) in [6.45, 7) is 1.75. The SMILES string of the molecule is CC(=O)c1csc(NC(=O)[C@@H]2COc3ccc(Cl)cc3C2)n1. The van der Waals surface area contributed by atoms with Gasteiger partial charge in [0.1, 0.15) is 18.1 Å². The molecule has 1 aromatic heterocycles. The number of fused-ring (bicyclic) bond motifs is 1. The molecule has 1 amide bonds. The zero-order valence-electron chi connectivity index (χ0n) is 11.8. The minimum absolute atomic E-state index is 0.124. The van der Waals surface area contributed by atoms with Crippen molar-refractivity contribution in [2.24, 2.45) is 5.92 Å². The molecule has 1 aliphatic rings. The molecular formula is C15H13ClN2O3S. The number of ether oxygens (including phenoxy) is 1. The minimum atomic E-state index is -0.310. The van der Waals surface area contributed by atoms with Crippen LogP contribution in [0.4, 0.5) is 5.13 Å². The van der Waals surface area contributed by atoms with Gasteiger partial charge < -0.3 is 10.1 Å². The number of carbonyl (C=O) groups is 2. The Hall–Kier alpha value is -1.92. The van der Waals surface area contributed by atoms with Gasteiger partial charge in [-0.3, -0.25) is 9.59 Å². The number of hydrogen-bond donors (Lipinski definition) is 1. The summed E-state index contributed by atoms with van der Waals surface area (Å²) in [4.78, 5) is 27.6. The van der Waals surface area contributed by atoms with Crippen LogP contribution in [0.1, 0.15) is 23.0 Å². The Morgan fingerprint density at radius 1 is 1.45 bits per heavy atom. The largest absolute Gasteiger partial charge is 0.492 e. The molecule has 0 aliphatic carbocycles. The van der Waals surface area contributed by atoms with Gasteiger partial charge in [0.2, 0.25) is 5.91 Å². The number of thiazole rings is 1. The Bertz CT molecular complexity index is 744. The molecule has 114 valence electrons. The Morgan fingerprint density at radius 2 is 2.27 bits per heavy atom. The number of hydrogen-bond acceptors (Lipinski definition) is 5. The lowest BCUT2D eigenvalue weighted by Gasteiger charge is -2.24. The summed E-state index contributed by atoms with van der Waals surface area (Å²) in [5, 5.41) is 5.41. The first-order chi connectivity index (χ1) is 10.5. The molecular weight excluding hydrogens is 324 g/mol. The zero-order valence-corrected chi connectivity index (χ0v) is 13.3. The topological polar surface area (TPSA) is 68.3 Å². The predicted octanol–water partition coefficient (Wildman–Crippen LogP) is 3.19. The third-order valence-electron chi connectivity index (χ3n) is 3.39. The molecule has 1 N–H and O–H groups in total. The summed E-state index contributed by atoms with van der Waals surface area (Å²) < 4.78 is 5.60. The van der Waals surface area contributed by atoms with E-state index in [0.717, 1.165) is 11.3 Å². The van der Waals surface area contributed by atoms with E-state index < -0.39 is 0 Å². The third kappa shape index (κ3) is 3.13. The van der Waals surface area contributed by atoms with Crippen LogP contribution in [-0.4, -0.2) is 23.3 Å². The minimum Gasteiger partial charge on any atom is -0.492 e. The first-order valence-electron chi connectivity index (χ1n) is 6.71. The van der Waals surface area contributed by atoms with Gasteiger partial charge in [-0.25, -0.2) is 4.98 Å². The molecule has 0 radical (unpaired) electrons. The molecule has 2 heterocycles. The Kier molecular flexibility index (Phi) is 4.13. The first-order valence-corrected chi connectivity index (χ1v) is 7.97. The maximum Gasteiger partial charge on any atom is 0.233 e. The van der Waals surface area contributed by atoms with E-state index in [-0.39, 0.29) is 17.6 Å². The van der Waals surface area contributed by atoms with Crippen LogP contribution in [0, 0.1) is 5.92 Å². The van der Waals surface area contributed by atoms with Crippen molar-refractivity contribution >= 4 is 39.8 Å². The van der Waals surface area contributed by atoms with Crippen LogP contribution in [0.15, 0.2) is 23.6 Å². The third-order valence-corrected chi connectivity index (χ3v) is 4.39. The number of aromatic nitrogens is 1. The Labute approximate surface area is 136 Å². The fourth-order valence-corrected chi connectivity index (χ4v) is 3.18. The van der Waals surface area contributed by atoms with Crippen LogP contribution in [0.3, 0.4) is 0 Å². The summed E-state index contributed by atoms with van der Waals surface area (Å²) in [7, 11) is 0. The smallest absolute Gasteiger partial charge is 0.233 e. The fraction of sp³-hybridized carbons (Fsp3) is 0.267. The van der Waals surface area contributed by atoms with Gasteiger partial charge in [-0.1, -0.05) is 11.6 Å². The summed E-state index contributed by atoms with van der Waals surface area (Å²) >= 11 is 7.20. The summed E-state index contributed by atoms with van der Waals surface area (Å²) in [5.41, 5.74) is 1.28. The quantitative estimate of drug-likeness (QED) is 0.874. The number of carbonyl (C=O) groups excluding carboxylic acids is 2. The van der Waals surface area contributed by atoms with E-state index in [1.165, 1.54) is 18.3 Å². The fourth-order valence-electron chi connectivity index (χ4n) is 2.23. The summed E-state index contributed by atoms with van der Waals surface area (Å²) in [5.74, 6) is 0.161. The lowest BCUT2D eigenvalue weighted by molar-refractivity contribution is -0.121. The molecule has 1 atom stereocenters. The monoisotopic (exact) mass is 336 g/mol. The molecule has 0 bridgehead atoms. The van der Waals surface area contributed by atoms with Gasteiger partial charge in [-0.05, 0) is 30.2 Å². The number of rotatable bonds is 3. The second-order valence-electron chi connectivity index (χ2n) is 5.05. The molecule has 0 saturated carbocycles. The molecule has 7 heteroatoms. The Morgan fingerprint density at radius 3 is 3.00 bits per heavy atom. The number of benzene rings is 1. The molecule has 0 unspecified atom stereocenters. The highest BCUT2D eigenvalue weighted by Crippen LogP contribution is 2.30. The van der Waals surface area contributed by atoms with Crippen LogP contribution < -0.4 is 10.1 Å². The number of halogens is 1. The summed E-state index contributed by atoms with van der Waals surface area (Å²) in [6.07, 6.45) is 0.562. The number of amides is 1. The lowest BCUT2D eigenvalue weighted by atomic mass is 9.96. The number of anilines is 1. The standard InChI is InChI=1S/C15H13ClN2O3S/c1-8(19)12-7-22-15(17-12)18-14(20)10-4-9-5-11(16)2-3-13(9)21-6-10/h2-3,5,7,10H,4,6H2,1H3,(H,17,18,20)/t10-/m0/s1. The predicted molar refractivity (Wildman–Crippen MR) is 84.9 cm³/mol. The van der Waals surface area contributed by atoms with E-state index in [1.807, 2.05) is 12.1 Å². The van der Waals surface area contributed by atoms with E-state index in [9.17, 15) is 9.59 Å². The van der Waals surface area contributed by atoms with Gasteiger partial charge in [-0.2, -0.15) is 0 Å². The van der Waals surface area contributed by atoms with Crippen LogP contribution in [0.2, 0.25) is 5.02 Å². The van der Waals surface area contributed by atoms with Crippen molar-refractivity contribution in [3.05, 3.63) is 39.9 Å². The van der Waals surface area contributed by atoms with E-state index in [0.29, 0.717) is 28.9 Å². The molecule has 0 saturated heterocycles. The second-order valence-corrected chi connectivity index (χ2v) is 6.34. The van der Waals surface area contributed by atoms with E-state index in [4.69, 9.17) is 16.3 Å². The van der Waals surface area contributed by atoms with Gasteiger partial charge in [-0.15, -0.1) is 11.3 Å². The number of Topliss-reactive ketones (excluding diaryl/α,β-unsaturated/α-hetero) is 1. The van der Waals surface area contributed by atoms with Crippen LogP contribution in [0.25, 0.3) is 0 Å². The molecule has 5 nitrogen and oxygen atoms in total. The van der Waals surface area contributed by atoms with Crippen molar-refractivity contribution in [1.82, 2.24) is 4.98 Å². The first kappa shape index (κ1) is 15.0. The van der Waals surface area contributed by atoms with Gasteiger partial charge in [0, 0.05) is 17.3 Å².